The standard InChI is InChI=1S/C19H21N3O2/c1-14-7-5-12-18(19(23)24)17(14)11-6-10-16(21-22-20)13-15-8-3-2-4-9-15/h2-5,7-9,12,16H,6,10-11,13H2,1H3,(H,23,24). The van der Waals surface area contributed by atoms with Crippen LogP contribution in [0.1, 0.15) is 39.9 Å². The summed E-state index contributed by atoms with van der Waals surface area (Å²) in [6, 6.07) is 15.1. The number of hydrogen-bond donors (Lipinski definition) is 1. The molecule has 0 heterocycles. The molecule has 24 heavy (non-hydrogen) atoms. The summed E-state index contributed by atoms with van der Waals surface area (Å²) < 4.78 is 0. The van der Waals surface area contributed by atoms with Gasteiger partial charge < -0.3 is 5.11 Å². The molecule has 5 nitrogen and oxygen atoms in total. The van der Waals surface area contributed by atoms with E-state index in [9.17, 15) is 9.90 Å². The van der Waals surface area contributed by atoms with E-state index in [-0.39, 0.29) is 6.04 Å². The Morgan fingerprint density at radius 1 is 1.21 bits per heavy atom. The first-order valence-corrected chi connectivity index (χ1v) is 8.01. The molecule has 2 rings (SSSR count). The Bertz CT molecular complexity index is 738. The van der Waals surface area contributed by atoms with Crippen molar-refractivity contribution in [3.63, 3.8) is 0 Å². The van der Waals surface area contributed by atoms with Crippen LogP contribution in [-0.2, 0) is 12.8 Å². The lowest BCUT2D eigenvalue weighted by Gasteiger charge is -2.13. The molecule has 1 unspecified atom stereocenters. The Kier molecular flexibility index (Phi) is 6.41. The summed E-state index contributed by atoms with van der Waals surface area (Å²) in [6.45, 7) is 1.93. The van der Waals surface area contributed by atoms with E-state index in [1.54, 1.807) is 12.1 Å². The summed E-state index contributed by atoms with van der Waals surface area (Å²) in [5.74, 6) is -0.899. The van der Waals surface area contributed by atoms with Crippen LogP contribution in [0.15, 0.2) is 53.6 Å². The average molecular weight is 323 g/mol. The molecule has 0 spiro atoms. The van der Waals surface area contributed by atoms with Gasteiger partial charge in [-0.2, -0.15) is 0 Å². The highest BCUT2D eigenvalue weighted by atomic mass is 16.4. The van der Waals surface area contributed by atoms with Crippen LogP contribution in [0.4, 0.5) is 0 Å². The van der Waals surface area contributed by atoms with Gasteiger partial charge in [0.05, 0.1) is 5.56 Å². The molecule has 0 radical (unpaired) electrons. The smallest absolute Gasteiger partial charge is 0.335 e. The lowest BCUT2D eigenvalue weighted by Crippen LogP contribution is -2.10. The molecule has 0 fully saturated rings. The second-order valence-corrected chi connectivity index (χ2v) is 5.85. The lowest BCUT2D eigenvalue weighted by molar-refractivity contribution is 0.0695. The largest absolute Gasteiger partial charge is 0.478 e. The van der Waals surface area contributed by atoms with Gasteiger partial charge in [0.2, 0.25) is 0 Å². The molecule has 0 aromatic heterocycles. The van der Waals surface area contributed by atoms with Crippen molar-refractivity contribution >= 4 is 5.97 Å². The summed E-state index contributed by atoms with van der Waals surface area (Å²) >= 11 is 0. The average Bonchev–Trinajstić information content (AvgIpc) is 2.57. The van der Waals surface area contributed by atoms with E-state index in [2.05, 4.69) is 10.0 Å². The fourth-order valence-corrected chi connectivity index (χ4v) is 2.91. The molecule has 0 amide bonds. The highest BCUT2D eigenvalue weighted by Crippen LogP contribution is 2.19. The number of carboxylic acid groups (broad SMARTS) is 1. The second kappa shape index (κ2) is 8.75. The third-order valence-electron chi connectivity index (χ3n) is 4.13. The van der Waals surface area contributed by atoms with Crippen molar-refractivity contribution in [1.29, 1.82) is 0 Å². The number of aryl methyl sites for hydroxylation is 1. The number of rotatable bonds is 8. The molecular formula is C19H21N3O2. The van der Waals surface area contributed by atoms with Gasteiger partial charge in [0, 0.05) is 11.0 Å². The highest BCUT2D eigenvalue weighted by molar-refractivity contribution is 5.89. The normalized spacial score (nSPS) is 11.5. The number of hydrogen-bond acceptors (Lipinski definition) is 2. The number of benzene rings is 2. The molecule has 0 saturated heterocycles. The molecule has 0 saturated carbocycles. The molecule has 0 aliphatic rings. The molecule has 124 valence electrons. The van der Waals surface area contributed by atoms with Gasteiger partial charge in [-0.25, -0.2) is 4.79 Å². The Hall–Kier alpha value is -2.78. The Balaban J connectivity index is 2.01. The molecular weight excluding hydrogens is 302 g/mol. The summed E-state index contributed by atoms with van der Waals surface area (Å²) in [7, 11) is 0. The van der Waals surface area contributed by atoms with Gasteiger partial charge in [-0.3, -0.25) is 0 Å². The van der Waals surface area contributed by atoms with Gasteiger partial charge in [0.25, 0.3) is 0 Å². The molecule has 0 aliphatic heterocycles. The predicted octanol–water partition coefficient (Wildman–Crippen LogP) is 4.94. The van der Waals surface area contributed by atoms with Crippen LogP contribution in [0, 0.1) is 6.92 Å². The maximum Gasteiger partial charge on any atom is 0.335 e. The number of azide groups is 1. The van der Waals surface area contributed by atoms with E-state index in [1.165, 1.54) is 0 Å². The Labute approximate surface area is 141 Å². The van der Waals surface area contributed by atoms with Gasteiger partial charge in [0.1, 0.15) is 0 Å². The second-order valence-electron chi connectivity index (χ2n) is 5.85. The molecule has 1 N–H and O–H groups in total. The lowest BCUT2D eigenvalue weighted by atomic mass is 9.94. The first kappa shape index (κ1) is 17.6. The predicted molar refractivity (Wildman–Crippen MR) is 94.2 cm³/mol. The van der Waals surface area contributed by atoms with Gasteiger partial charge in [-0.15, -0.1) is 0 Å². The van der Waals surface area contributed by atoms with Crippen molar-refractivity contribution in [2.45, 2.75) is 38.6 Å². The molecule has 2 aromatic rings. The maximum absolute atomic E-state index is 11.3. The molecule has 2 aromatic carbocycles. The fourth-order valence-electron chi connectivity index (χ4n) is 2.91. The zero-order chi connectivity index (χ0) is 17.4. The van der Waals surface area contributed by atoms with Crippen LogP contribution in [0.25, 0.3) is 10.4 Å². The van der Waals surface area contributed by atoms with Crippen molar-refractivity contribution in [1.82, 2.24) is 0 Å². The third kappa shape index (κ3) is 4.86. The van der Waals surface area contributed by atoms with Crippen molar-refractivity contribution in [3.05, 3.63) is 81.2 Å². The third-order valence-corrected chi connectivity index (χ3v) is 4.13. The summed E-state index contributed by atoms with van der Waals surface area (Å²) in [5, 5.41) is 13.2. The number of aromatic carboxylic acids is 1. The molecule has 5 heteroatoms. The molecule has 1 atom stereocenters. The van der Waals surface area contributed by atoms with Gasteiger partial charge in [-0.1, -0.05) is 47.6 Å². The van der Waals surface area contributed by atoms with Crippen LogP contribution in [0.2, 0.25) is 0 Å². The van der Waals surface area contributed by atoms with Crippen molar-refractivity contribution in [3.8, 4) is 0 Å². The SMILES string of the molecule is Cc1cccc(C(=O)O)c1CCCC(Cc1ccccc1)N=[N+]=[N-]. The van der Waals surface area contributed by atoms with E-state index in [0.29, 0.717) is 18.4 Å². The van der Waals surface area contributed by atoms with E-state index >= 15 is 0 Å². The zero-order valence-electron chi connectivity index (χ0n) is 13.7. The van der Waals surface area contributed by atoms with E-state index in [0.717, 1.165) is 29.5 Å². The van der Waals surface area contributed by atoms with Crippen molar-refractivity contribution < 1.29 is 9.90 Å². The Morgan fingerprint density at radius 2 is 1.96 bits per heavy atom. The van der Waals surface area contributed by atoms with Crippen LogP contribution in [-0.4, -0.2) is 17.1 Å². The summed E-state index contributed by atoms with van der Waals surface area (Å²) in [4.78, 5) is 14.3. The zero-order valence-corrected chi connectivity index (χ0v) is 13.7. The quantitative estimate of drug-likeness (QED) is 0.424. The van der Waals surface area contributed by atoms with Crippen LogP contribution in [0.5, 0.6) is 0 Å². The van der Waals surface area contributed by atoms with Crippen LogP contribution < -0.4 is 0 Å². The van der Waals surface area contributed by atoms with Crippen molar-refractivity contribution in [2.75, 3.05) is 0 Å². The summed E-state index contributed by atoms with van der Waals surface area (Å²) in [5.41, 5.74) is 12.1. The van der Waals surface area contributed by atoms with Gasteiger partial charge >= 0.3 is 5.97 Å². The monoisotopic (exact) mass is 323 g/mol. The summed E-state index contributed by atoms with van der Waals surface area (Å²) in [6.07, 6.45) is 2.87. The minimum atomic E-state index is -0.899. The Morgan fingerprint density at radius 3 is 2.62 bits per heavy atom. The van der Waals surface area contributed by atoms with Crippen LogP contribution in [0.3, 0.4) is 0 Å². The van der Waals surface area contributed by atoms with Crippen LogP contribution >= 0.6 is 0 Å². The minimum Gasteiger partial charge on any atom is -0.478 e. The number of carbonyl (C=O) groups is 1. The van der Waals surface area contributed by atoms with E-state index in [4.69, 9.17) is 5.53 Å². The topological polar surface area (TPSA) is 86.1 Å². The van der Waals surface area contributed by atoms with Gasteiger partial charge in [0.15, 0.2) is 0 Å². The molecule has 0 aliphatic carbocycles. The van der Waals surface area contributed by atoms with E-state index < -0.39 is 5.97 Å². The van der Waals surface area contributed by atoms with E-state index in [1.807, 2.05) is 43.3 Å². The highest BCUT2D eigenvalue weighted by Gasteiger charge is 2.13. The first-order chi connectivity index (χ1) is 11.6. The fraction of sp³-hybridized carbons (Fsp3) is 0.316. The first-order valence-electron chi connectivity index (χ1n) is 8.01. The molecule has 0 bridgehead atoms. The number of nitrogens with zero attached hydrogens (tertiary/aromatic N) is 3. The maximum atomic E-state index is 11.3. The van der Waals surface area contributed by atoms with Gasteiger partial charge in [-0.05, 0) is 60.9 Å². The van der Waals surface area contributed by atoms with Crippen molar-refractivity contribution in [2.24, 2.45) is 5.11 Å². The number of carboxylic acids is 1. The minimum absolute atomic E-state index is 0.116.